The molecule has 0 aromatic heterocycles. The Labute approximate surface area is 174 Å². The van der Waals surface area contributed by atoms with Crippen LogP contribution in [-0.2, 0) is 0 Å². The van der Waals surface area contributed by atoms with E-state index in [4.69, 9.17) is 0 Å². The highest BCUT2D eigenvalue weighted by Gasteiger charge is 2.11. The van der Waals surface area contributed by atoms with E-state index in [1.165, 1.54) is 0 Å². The normalized spacial score (nSPS) is 11.1. The third-order valence-electron chi connectivity index (χ3n) is 4.52. The van der Waals surface area contributed by atoms with Crippen LogP contribution in [-0.4, -0.2) is 98.1 Å². The zero-order valence-electron chi connectivity index (χ0n) is 18.0. The van der Waals surface area contributed by atoms with Gasteiger partial charge in [0, 0.05) is 78.5 Å². The van der Waals surface area contributed by atoms with Gasteiger partial charge in [0.25, 0.3) is 0 Å². The highest BCUT2D eigenvalue weighted by Crippen LogP contribution is 1.99. The van der Waals surface area contributed by atoms with Crippen molar-refractivity contribution in [3.05, 3.63) is 75.9 Å². The maximum absolute atomic E-state index is 3.92. The lowest BCUT2D eigenvalue weighted by molar-refractivity contribution is 0.190. The molecule has 4 heteroatoms. The van der Waals surface area contributed by atoms with E-state index < -0.39 is 0 Å². The first kappa shape index (κ1) is 26.3. The van der Waals surface area contributed by atoms with Crippen molar-refractivity contribution in [3.8, 4) is 0 Å². The summed E-state index contributed by atoms with van der Waals surface area (Å²) >= 11 is 0. The van der Waals surface area contributed by atoms with Crippen molar-refractivity contribution in [2.45, 2.75) is 0 Å². The average molecular weight is 387 g/mol. The molecule has 0 aromatic carbocycles. The molecule has 0 amide bonds. The van der Waals surface area contributed by atoms with Gasteiger partial charge in [-0.15, -0.1) is 39.5 Å². The second kappa shape index (κ2) is 18.6. The van der Waals surface area contributed by atoms with Crippen LogP contribution in [0.25, 0.3) is 0 Å². The summed E-state index contributed by atoms with van der Waals surface area (Å²) in [7, 11) is 0. The molecule has 0 radical (unpaired) electrons. The lowest BCUT2D eigenvalue weighted by atomic mass is 10.3. The first-order valence-electron chi connectivity index (χ1n) is 10.2. The molecule has 0 saturated carbocycles. The van der Waals surface area contributed by atoms with Crippen molar-refractivity contribution in [2.75, 3.05) is 78.5 Å². The predicted octanol–water partition coefficient (Wildman–Crippen LogP) is 3.31. The zero-order chi connectivity index (χ0) is 21.0. The molecule has 0 aliphatic heterocycles. The largest absolute Gasteiger partial charge is 0.297 e. The van der Waals surface area contributed by atoms with Gasteiger partial charge in [-0.3, -0.25) is 19.6 Å². The minimum atomic E-state index is 0.888. The molecule has 0 atom stereocenters. The Morgan fingerprint density at radius 1 is 0.321 bits per heavy atom. The Kier molecular flexibility index (Phi) is 17.5. The quantitative estimate of drug-likeness (QED) is 0.281. The van der Waals surface area contributed by atoms with E-state index in [1.54, 1.807) is 0 Å². The van der Waals surface area contributed by atoms with Crippen molar-refractivity contribution in [1.82, 2.24) is 19.6 Å². The lowest BCUT2D eigenvalue weighted by Crippen LogP contribution is -2.42. The summed E-state index contributed by atoms with van der Waals surface area (Å²) in [5.74, 6) is 0. The van der Waals surface area contributed by atoms with Gasteiger partial charge in [-0.05, 0) is 0 Å². The molecule has 0 unspecified atom stereocenters. The molecule has 158 valence electrons. The Bertz CT molecular complexity index is 396. The van der Waals surface area contributed by atoms with Crippen molar-refractivity contribution in [2.24, 2.45) is 0 Å². The summed E-state index contributed by atoms with van der Waals surface area (Å²) in [5, 5.41) is 0. The zero-order valence-corrected chi connectivity index (χ0v) is 18.0. The van der Waals surface area contributed by atoms with Crippen LogP contribution in [0.15, 0.2) is 75.9 Å². The maximum Gasteiger partial charge on any atom is 0.0164 e. The van der Waals surface area contributed by atoms with E-state index in [-0.39, 0.29) is 0 Å². The summed E-state index contributed by atoms with van der Waals surface area (Å²) in [6, 6.07) is 0. The lowest BCUT2D eigenvalue weighted by Gasteiger charge is -2.29. The average Bonchev–Trinajstić information content (AvgIpc) is 2.68. The van der Waals surface area contributed by atoms with Gasteiger partial charge < -0.3 is 0 Å². The maximum atomic E-state index is 3.92. The number of hydrogen-bond donors (Lipinski definition) is 0. The Balaban J connectivity index is 4.60. The van der Waals surface area contributed by atoms with E-state index >= 15 is 0 Å². The van der Waals surface area contributed by atoms with Crippen LogP contribution in [0.2, 0.25) is 0 Å². The molecule has 0 fully saturated rings. The van der Waals surface area contributed by atoms with E-state index in [1.807, 2.05) is 36.5 Å². The fourth-order valence-corrected chi connectivity index (χ4v) is 3.05. The first-order chi connectivity index (χ1) is 13.6. The third kappa shape index (κ3) is 13.4. The molecular weight excluding hydrogens is 344 g/mol. The molecule has 0 aliphatic rings. The van der Waals surface area contributed by atoms with Crippen LogP contribution in [0.5, 0.6) is 0 Å². The molecule has 0 N–H and O–H groups in total. The van der Waals surface area contributed by atoms with Crippen LogP contribution in [0.4, 0.5) is 0 Å². The molecule has 0 spiro atoms. The second-order valence-corrected chi connectivity index (χ2v) is 6.85. The minimum absolute atomic E-state index is 0.888. The highest BCUT2D eigenvalue weighted by molar-refractivity contribution is 4.84. The van der Waals surface area contributed by atoms with E-state index in [9.17, 15) is 0 Å². The number of hydrogen-bond acceptors (Lipinski definition) is 4. The van der Waals surface area contributed by atoms with Gasteiger partial charge in [0.05, 0.1) is 0 Å². The Morgan fingerprint density at radius 2 is 0.500 bits per heavy atom. The molecule has 4 nitrogen and oxygen atoms in total. The molecule has 28 heavy (non-hydrogen) atoms. The summed E-state index contributed by atoms with van der Waals surface area (Å²) in [6.45, 7) is 34.6. The number of rotatable bonds is 21. The summed E-state index contributed by atoms with van der Waals surface area (Å²) in [6.07, 6.45) is 11.8. The smallest absolute Gasteiger partial charge is 0.0164 e. The standard InChI is InChI=1S/C24H42N4/c1-7-13-25(14-8-2)19-21-27(17-11-5)23-24-28(18-12-6)22-20-26(15-9-3)16-10-4/h7-12H,1-6,13-24H2. The molecule has 0 rings (SSSR count). The van der Waals surface area contributed by atoms with Gasteiger partial charge in [-0.2, -0.15) is 0 Å². The van der Waals surface area contributed by atoms with Gasteiger partial charge in [0.2, 0.25) is 0 Å². The van der Waals surface area contributed by atoms with Gasteiger partial charge >= 0.3 is 0 Å². The van der Waals surface area contributed by atoms with E-state index in [0.29, 0.717) is 0 Å². The van der Waals surface area contributed by atoms with Crippen molar-refractivity contribution in [3.63, 3.8) is 0 Å². The van der Waals surface area contributed by atoms with E-state index in [0.717, 1.165) is 78.5 Å². The predicted molar refractivity (Wildman–Crippen MR) is 127 cm³/mol. The van der Waals surface area contributed by atoms with Gasteiger partial charge in [0.15, 0.2) is 0 Å². The first-order valence-corrected chi connectivity index (χ1v) is 10.2. The topological polar surface area (TPSA) is 13.0 Å². The van der Waals surface area contributed by atoms with Gasteiger partial charge in [-0.1, -0.05) is 36.5 Å². The SMILES string of the molecule is C=CCN(CC=C)CCN(CC=C)CCN(CC=C)CCN(CC=C)CC=C. The summed E-state index contributed by atoms with van der Waals surface area (Å²) < 4.78 is 0. The van der Waals surface area contributed by atoms with Gasteiger partial charge in [0.1, 0.15) is 0 Å². The molecular formula is C24H42N4. The summed E-state index contributed by atoms with van der Waals surface area (Å²) in [5.41, 5.74) is 0. The van der Waals surface area contributed by atoms with Crippen LogP contribution in [0.1, 0.15) is 0 Å². The molecule has 0 heterocycles. The Morgan fingerprint density at radius 3 is 0.714 bits per heavy atom. The van der Waals surface area contributed by atoms with Crippen molar-refractivity contribution in [1.29, 1.82) is 0 Å². The number of nitrogens with zero attached hydrogens (tertiary/aromatic N) is 4. The minimum Gasteiger partial charge on any atom is -0.297 e. The van der Waals surface area contributed by atoms with Crippen LogP contribution >= 0.6 is 0 Å². The van der Waals surface area contributed by atoms with E-state index in [2.05, 4.69) is 59.1 Å². The summed E-state index contributed by atoms with van der Waals surface area (Å²) in [4.78, 5) is 9.60. The third-order valence-corrected chi connectivity index (χ3v) is 4.52. The molecule has 0 saturated heterocycles. The fraction of sp³-hybridized carbons (Fsp3) is 0.500. The van der Waals surface area contributed by atoms with Crippen molar-refractivity contribution >= 4 is 0 Å². The van der Waals surface area contributed by atoms with Crippen molar-refractivity contribution < 1.29 is 0 Å². The molecule has 0 aromatic rings. The van der Waals surface area contributed by atoms with Crippen LogP contribution in [0.3, 0.4) is 0 Å². The van der Waals surface area contributed by atoms with Crippen LogP contribution < -0.4 is 0 Å². The fourth-order valence-electron chi connectivity index (χ4n) is 3.05. The van der Waals surface area contributed by atoms with Gasteiger partial charge in [-0.25, -0.2) is 0 Å². The monoisotopic (exact) mass is 386 g/mol. The second-order valence-electron chi connectivity index (χ2n) is 6.85. The Hall–Kier alpha value is -1.72. The molecule has 0 bridgehead atoms. The highest BCUT2D eigenvalue weighted by atomic mass is 15.2. The molecule has 0 aliphatic carbocycles. The van der Waals surface area contributed by atoms with Crippen LogP contribution in [0, 0.1) is 0 Å².